The topological polar surface area (TPSA) is 86.7 Å². The number of carbonyl (C=O) groups excluding carboxylic acids is 2. The van der Waals surface area contributed by atoms with E-state index < -0.39 is 61.2 Å². The Balaban J connectivity index is 1.41. The molecule has 0 aliphatic heterocycles. The number of benzene rings is 3. The number of halogens is 5. The molecule has 0 N–H and O–H groups in total. The number of ether oxygens (including phenoxy) is 1. The third-order valence-corrected chi connectivity index (χ3v) is 14.2. The molecule has 0 radical (unpaired) electrons. The van der Waals surface area contributed by atoms with Crippen molar-refractivity contribution in [3.05, 3.63) is 91.0 Å². The van der Waals surface area contributed by atoms with Gasteiger partial charge in [-0.2, -0.15) is 30.4 Å². The van der Waals surface area contributed by atoms with Gasteiger partial charge < -0.3 is 4.74 Å². The lowest BCUT2D eigenvalue weighted by Crippen LogP contribution is -2.58. The summed E-state index contributed by atoms with van der Waals surface area (Å²) in [6, 6.07) is 22.6. The van der Waals surface area contributed by atoms with Crippen LogP contribution in [0.2, 0.25) is 0 Å². The molecule has 0 amide bonds. The molecule has 4 aliphatic carbocycles. The predicted molar refractivity (Wildman–Crippen MR) is 154 cm³/mol. The van der Waals surface area contributed by atoms with E-state index in [9.17, 15) is 31.2 Å². The highest BCUT2D eigenvalue weighted by Crippen LogP contribution is 2.71. The van der Waals surface area contributed by atoms with Crippen molar-refractivity contribution < 1.29 is 48.3 Å². The molecule has 3 unspecified atom stereocenters. The summed E-state index contributed by atoms with van der Waals surface area (Å²) in [5.74, 6) is -2.90. The van der Waals surface area contributed by atoms with Gasteiger partial charge in [0.25, 0.3) is 6.10 Å². The molecule has 0 saturated heterocycles. The molecule has 4 fully saturated rings. The van der Waals surface area contributed by atoms with Crippen LogP contribution in [0.4, 0.5) is 22.0 Å². The third-order valence-electron chi connectivity index (χ3n) is 9.00. The molecule has 7 rings (SSSR count). The first-order chi connectivity index (χ1) is 21.2. The number of ketones is 1. The monoisotopic (exact) mass is 668 g/mol. The van der Waals surface area contributed by atoms with Gasteiger partial charge in [-0.3, -0.25) is 9.59 Å². The van der Waals surface area contributed by atoms with E-state index in [0.29, 0.717) is 12.8 Å². The number of Topliss-reactive ketones (excluding diaryl/α,β-unsaturated/α-hetero) is 1. The van der Waals surface area contributed by atoms with Gasteiger partial charge in [-0.15, -0.1) is 0 Å². The number of hydrogen-bond acceptors (Lipinski definition) is 6. The van der Waals surface area contributed by atoms with Gasteiger partial charge in [-0.05, 0) is 84.7 Å². The molecule has 3 atom stereocenters. The van der Waals surface area contributed by atoms with E-state index in [-0.39, 0.29) is 45.7 Å². The zero-order chi connectivity index (χ0) is 32.3. The number of alkyl halides is 5. The Morgan fingerprint density at radius 2 is 1.16 bits per heavy atom. The molecule has 3 aromatic rings. The highest BCUT2D eigenvalue weighted by molar-refractivity contribution is 8.33. The first-order valence-electron chi connectivity index (χ1n) is 14.3. The van der Waals surface area contributed by atoms with Gasteiger partial charge >= 0.3 is 27.5 Å². The van der Waals surface area contributed by atoms with Crippen molar-refractivity contribution in [1.82, 2.24) is 0 Å². The second kappa shape index (κ2) is 11.2. The van der Waals surface area contributed by atoms with Crippen LogP contribution in [0.3, 0.4) is 0 Å². The molecule has 0 aromatic heterocycles. The van der Waals surface area contributed by atoms with Crippen molar-refractivity contribution in [2.45, 2.75) is 64.3 Å². The van der Waals surface area contributed by atoms with E-state index >= 15 is 8.78 Å². The molecule has 13 heteroatoms. The minimum atomic E-state index is -6.50. The van der Waals surface area contributed by atoms with Crippen LogP contribution in [-0.2, 0) is 28.1 Å². The van der Waals surface area contributed by atoms with Crippen molar-refractivity contribution in [2.75, 3.05) is 0 Å². The average molecular weight is 669 g/mol. The van der Waals surface area contributed by atoms with E-state index in [1.54, 1.807) is 18.2 Å². The Kier molecular flexibility index (Phi) is 7.89. The Hall–Kier alpha value is -3.29. The number of rotatable bonds is 9. The summed E-state index contributed by atoms with van der Waals surface area (Å²) >= 11 is 0. The fourth-order valence-electron chi connectivity index (χ4n) is 7.23. The molecule has 4 saturated carbocycles. The summed E-state index contributed by atoms with van der Waals surface area (Å²) in [5.41, 5.74) is -1.57. The smallest absolute Gasteiger partial charge is 0.432 e. The maximum absolute atomic E-state index is 16.1. The molecule has 0 spiro atoms. The van der Waals surface area contributed by atoms with E-state index in [1.807, 2.05) is 0 Å². The van der Waals surface area contributed by atoms with Crippen molar-refractivity contribution >= 4 is 32.2 Å². The summed E-state index contributed by atoms with van der Waals surface area (Å²) < 4.78 is 113. The standard InChI is InChI=1S/C32H29F5O6S2/c33-31(34,35)28(42-29(39)30-18-21-16-22(19-30)27(38)23(17-21)20-30)32(36,37)45(40,41)43-44(24-10-4-1-5-11-24,25-12-6-2-7-13-25)26-14-8-3-9-15-26/h1-15,21-23,28H,16-20H2. The van der Waals surface area contributed by atoms with Gasteiger partial charge in [-0.25, -0.2) is 3.63 Å². The van der Waals surface area contributed by atoms with Crippen LogP contribution in [0.15, 0.2) is 106 Å². The zero-order valence-corrected chi connectivity index (χ0v) is 25.3. The van der Waals surface area contributed by atoms with Crippen molar-refractivity contribution in [2.24, 2.45) is 23.2 Å². The maximum atomic E-state index is 16.1. The number of carbonyl (C=O) groups is 2. The van der Waals surface area contributed by atoms with Gasteiger partial charge in [0.05, 0.1) is 5.41 Å². The van der Waals surface area contributed by atoms with Crippen LogP contribution >= 0.6 is 10.3 Å². The van der Waals surface area contributed by atoms with Crippen molar-refractivity contribution in [3.63, 3.8) is 0 Å². The fraction of sp³-hybridized carbons (Fsp3) is 0.375. The zero-order valence-electron chi connectivity index (χ0n) is 23.7. The second-order valence-corrected chi connectivity index (χ2v) is 16.5. The van der Waals surface area contributed by atoms with Crippen LogP contribution in [0.5, 0.6) is 0 Å². The summed E-state index contributed by atoms with van der Waals surface area (Å²) in [4.78, 5) is 26.3. The van der Waals surface area contributed by atoms with Gasteiger partial charge in [0, 0.05) is 26.5 Å². The summed E-state index contributed by atoms with van der Waals surface area (Å²) in [6.07, 6.45) is -9.51. The molecule has 4 bridgehead atoms. The summed E-state index contributed by atoms with van der Waals surface area (Å²) in [6.45, 7) is 0. The van der Waals surface area contributed by atoms with Gasteiger partial charge in [0.15, 0.2) is 0 Å². The van der Waals surface area contributed by atoms with Crippen molar-refractivity contribution in [3.8, 4) is 0 Å². The lowest BCUT2D eigenvalue weighted by molar-refractivity contribution is -0.265. The van der Waals surface area contributed by atoms with E-state index in [1.165, 1.54) is 72.8 Å². The quantitative estimate of drug-likeness (QED) is 0.172. The van der Waals surface area contributed by atoms with E-state index in [0.717, 1.165) is 0 Å². The van der Waals surface area contributed by atoms with Gasteiger partial charge in [0.2, 0.25) is 0 Å². The number of hydrogen-bond donors (Lipinski definition) is 0. The molecule has 0 heterocycles. The van der Waals surface area contributed by atoms with Crippen LogP contribution in [-0.4, -0.2) is 37.7 Å². The summed E-state index contributed by atoms with van der Waals surface area (Å²) in [7, 11) is -10.1. The van der Waals surface area contributed by atoms with Gasteiger partial charge in [0.1, 0.15) is 5.78 Å². The first-order valence-corrected chi connectivity index (χ1v) is 17.3. The molecule has 45 heavy (non-hydrogen) atoms. The predicted octanol–water partition coefficient (Wildman–Crippen LogP) is 7.69. The Morgan fingerprint density at radius 3 is 1.56 bits per heavy atom. The minimum Gasteiger partial charge on any atom is -0.444 e. The molecule has 4 aliphatic rings. The molecular weight excluding hydrogens is 639 g/mol. The van der Waals surface area contributed by atoms with Crippen LogP contribution in [0.1, 0.15) is 32.1 Å². The molecule has 6 nitrogen and oxygen atoms in total. The van der Waals surface area contributed by atoms with Crippen LogP contribution < -0.4 is 0 Å². The Bertz CT molecular complexity index is 1570. The van der Waals surface area contributed by atoms with Crippen LogP contribution in [0, 0.1) is 23.2 Å². The van der Waals surface area contributed by atoms with Crippen LogP contribution in [0.25, 0.3) is 0 Å². The number of esters is 1. The average Bonchev–Trinajstić information content (AvgIpc) is 3.01. The lowest BCUT2D eigenvalue weighted by Gasteiger charge is -2.54. The lowest BCUT2D eigenvalue weighted by atomic mass is 9.49. The molecule has 240 valence electrons. The minimum absolute atomic E-state index is 0.0786. The normalized spacial score (nSPS) is 26.0. The van der Waals surface area contributed by atoms with E-state index in [4.69, 9.17) is 3.63 Å². The van der Waals surface area contributed by atoms with E-state index in [2.05, 4.69) is 4.74 Å². The highest BCUT2D eigenvalue weighted by Gasteiger charge is 2.69. The summed E-state index contributed by atoms with van der Waals surface area (Å²) in [5, 5.41) is -5.75. The Morgan fingerprint density at radius 1 is 0.733 bits per heavy atom. The largest absolute Gasteiger partial charge is 0.444 e. The van der Waals surface area contributed by atoms with Gasteiger partial charge in [-0.1, -0.05) is 54.6 Å². The SMILES string of the molecule is O=C1C2CC3CC1CC(C(=O)OC(C(F)(F)F)C(F)(F)S(=O)(=O)OS(c1ccccc1)(c1ccccc1)c1ccccc1)(C3)C2. The molecule has 3 aromatic carbocycles. The second-order valence-electron chi connectivity index (χ2n) is 11.9. The molecular formula is C32H29F5O6S2. The highest BCUT2D eigenvalue weighted by atomic mass is 32.3. The Labute approximate surface area is 258 Å². The first kappa shape index (κ1) is 31.7. The maximum Gasteiger partial charge on any atom is 0.432 e. The fourth-order valence-corrected chi connectivity index (χ4v) is 12.5. The van der Waals surface area contributed by atoms with Crippen molar-refractivity contribution in [1.29, 1.82) is 0 Å². The third kappa shape index (κ3) is 5.36.